The van der Waals surface area contributed by atoms with Crippen molar-refractivity contribution in [2.24, 2.45) is 0 Å². The smallest absolute Gasteiger partial charge is 0.410 e. The molecule has 0 saturated carbocycles. The molecular weight excluding hydrogens is 336 g/mol. The van der Waals surface area contributed by atoms with Gasteiger partial charge in [-0.1, -0.05) is 0 Å². The van der Waals surface area contributed by atoms with Crippen LogP contribution in [-0.4, -0.2) is 65.3 Å². The maximum Gasteiger partial charge on any atom is 0.410 e. The lowest BCUT2D eigenvalue weighted by Crippen LogP contribution is -2.43. The van der Waals surface area contributed by atoms with Crippen molar-refractivity contribution in [2.45, 2.75) is 52.7 Å². The first-order chi connectivity index (χ1) is 12.1. The quantitative estimate of drug-likeness (QED) is 0.745. The van der Waals surface area contributed by atoms with E-state index in [4.69, 9.17) is 9.47 Å². The molecule has 26 heavy (non-hydrogen) atoms. The Morgan fingerprint density at radius 1 is 1.23 bits per heavy atom. The number of hydrogen-bond donors (Lipinski definition) is 0. The number of amides is 1. The summed E-state index contributed by atoms with van der Waals surface area (Å²) in [5, 5.41) is 0. The summed E-state index contributed by atoms with van der Waals surface area (Å²) in [4.78, 5) is 36.8. The number of esters is 1. The number of carbonyl (C=O) groups is 2. The fourth-order valence-corrected chi connectivity index (χ4v) is 2.84. The average Bonchev–Trinajstić information content (AvgIpc) is 2.73. The van der Waals surface area contributed by atoms with Crippen LogP contribution in [0.2, 0.25) is 0 Å². The van der Waals surface area contributed by atoms with Gasteiger partial charge in [-0.3, -0.25) is 0 Å². The molecule has 1 atom stereocenters. The van der Waals surface area contributed by atoms with E-state index >= 15 is 0 Å². The van der Waals surface area contributed by atoms with E-state index in [1.807, 2.05) is 39.5 Å². The van der Waals surface area contributed by atoms with Crippen LogP contribution >= 0.6 is 0 Å². The molecule has 0 aliphatic carbocycles. The van der Waals surface area contributed by atoms with Gasteiger partial charge in [-0.25, -0.2) is 19.6 Å². The summed E-state index contributed by atoms with van der Waals surface area (Å²) in [7, 11) is 1.33. The second-order valence-corrected chi connectivity index (χ2v) is 7.51. The van der Waals surface area contributed by atoms with Crippen molar-refractivity contribution in [3.63, 3.8) is 0 Å². The summed E-state index contributed by atoms with van der Waals surface area (Å²) in [5.74, 6) is -0.0152. The van der Waals surface area contributed by atoms with Gasteiger partial charge >= 0.3 is 12.1 Å². The van der Waals surface area contributed by atoms with Gasteiger partial charge in [-0.2, -0.15) is 0 Å². The Morgan fingerprint density at radius 2 is 1.92 bits per heavy atom. The molecule has 0 spiro atoms. The number of nitrogens with zero attached hydrogens (tertiary/aromatic N) is 4. The van der Waals surface area contributed by atoms with Crippen LogP contribution < -0.4 is 4.90 Å². The number of methoxy groups -OCH3 is 1. The summed E-state index contributed by atoms with van der Waals surface area (Å²) in [6.07, 6.45) is 0.445. The van der Waals surface area contributed by atoms with E-state index in [0.29, 0.717) is 31.3 Å². The lowest BCUT2D eigenvalue weighted by Gasteiger charge is -2.30. The SMILES string of the molecule is COC(=O)c1cc(C)nc(N2CCCN(C(=O)OC(C)(C)C)C[C@@H]2C)n1. The molecule has 144 valence electrons. The summed E-state index contributed by atoms with van der Waals surface area (Å²) >= 11 is 0. The molecule has 2 heterocycles. The van der Waals surface area contributed by atoms with Gasteiger partial charge in [0.15, 0.2) is 5.69 Å². The zero-order chi connectivity index (χ0) is 19.5. The zero-order valence-electron chi connectivity index (χ0n) is 16.4. The molecule has 1 saturated heterocycles. The molecule has 0 radical (unpaired) electrons. The van der Waals surface area contributed by atoms with Crippen molar-refractivity contribution in [3.8, 4) is 0 Å². The normalized spacial score (nSPS) is 18.3. The standard InChI is InChI=1S/C18H28N4O4/c1-12-10-14(15(23)25-6)20-16(19-12)22-9-7-8-21(11-13(22)2)17(24)26-18(3,4)5/h10,13H,7-9,11H2,1-6H3/t13-/m0/s1. The van der Waals surface area contributed by atoms with E-state index in [-0.39, 0.29) is 17.8 Å². The van der Waals surface area contributed by atoms with Crippen molar-refractivity contribution in [3.05, 3.63) is 17.5 Å². The van der Waals surface area contributed by atoms with E-state index in [0.717, 1.165) is 6.42 Å². The molecule has 0 aromatic carbocycles. The number of aromatic nitrogens is 2. The van der Waals surface area contributed by atoms with E-state index in [9.17, 15) is 9.59 Å². The minimum atomic E-state index is -0.526. The third kappa shape index (κ3) is 5.06. The molecule has 1 aromatic heterocycles. The molecule has 8 heteroatoms. The topological polar surface area (TPSA) is 84.9 Å². The highest BCUT2D eigenvalue weighted by Gasteiger charge is 2.29. The number of hydrogen-bond acceptors (Lipinski definition) is 7. The van der Waals surface area contributed by atoms with Gasteiger partial charge in [0.2, 0.25) is 5.95 Å². The molecule has 1 aliphatic rings. The second kappa shape index (κ2) is 7.88. The number of ether oxygens (including phenoxy) is 2. The highest BCUT2D eigenvalue weighted by molar-refractivity contribution is 5.87. The van der Waals surface area contributed by atoms with E-state index < -0.39 is 11.6 Å². The lowest BCUT2D eigenvalue weighted by atomic mass is 10.2. The van der Waals surface area contributed by atoms with Crippen LogP contribution in [0.3, 0.4) is 0 Å². The van der Waals surface area contributed by atoms with Crippen molar-refractivity contribution >= 4 is 18.0 Å². The molecule has 8 nitrogen and oxygen atoms in total. The minimum Gasteiger partial charge on any atom is -0.464 e. The van der Waals surface area contributed by atoms with Gasteiger partial charge in [0, 0.05) is 31.4 Å². The van der Waals surface area contributed by atoms with Gasteiger partial charge in [-0.15, -0.1) is 0 Å². The van der Waals surface area contributed by atoms with Gasteiger partial charge < -0.3 is 19.3 Å². The van der Waals surface area contributed by atoms with Crippen LogP contribution in [0.1, 0.15) is 50.3 Å². The number of aryl methyl sites for hydroxylation is 1. The first kappa shape index (κ1) is 19.9. The van der Waals surface area contributed by atoms with Crippen LogP contribution in [0.15, 0.2) is 6.07 Å². The van der Waals surface area contributed by atoms with E-state index in [2.05, 4.69) is 9.97 Å². The molecule has 0 bridgehead atoms. The molecule has 0 unspecified atom stereocenters. The zero-order valence-corrected chi connectivity index (χ0v) is 16.4. The summed E-state index contributed by atoms with van der Waals surface area (Å²) in [6, 6.07) is 1.59. The molecular formula is C18H28N4O4. The maximum absolute atomic E-state index is 12.4. The van der Waals surface area contributed by atoms with Crippen LogP contribution in [0.25, 0.3) is 0 Å². The lowest BCUT2D eigenvalue weighted by molar-refractivity contribution is 0.0251. The van der Waals surface area contributed by atoms with Crippen molar-refractivity contribution in [2.75, 3.05) is 31.6 Å². The highest BCUT2D eigenvalue weighted by atomic mass is 16.6. The van der Waals surface area contributed by atoms with E-state index in [1.54, 1.807) is 11.0 Å². The Hall–Kier alpha value is -2.38. The van der Waals surface area contributed by atoms with Crippen molar-refractivity contribution in [1.29, 1.82) is 0 Å². The predicted octanol–water partition coefficient (Wildman–Crippen LogP) is 2.41. The summed E-state index contributed by atoms with van der Waals surface area (Å²) in [6.45, 7) is 11.2. The third-order valence-corrected chi connectivity index (χ3v) is 3.99. The largest absolute Gasteiger partial charge is 0.464 e. The monoisotopic (exact) mass is 364 g/mol. The van der Waals surface area contributed by atoms with Crippen molar-refractivity contribution in [1.82, 2.24) is 14.9 Å². The maximum atomic E-state index is 12.4. The molecule has 1 amide bonds. The Morgan fingerprint density at radius 3 is 2.54 bits per heavy atom. The molecule has 0 N–H and O–H groups in total. The van der Waals surface area contributed by atoms with Gasteiger partial charge in [0.05, 0.1) is 7.11 Å². The van der Waals surface area contributed by atoms with Crippen LogP contribution in [0.5, 0.6) is 0 Å². The summed E-state index contributed by atoms with van der Waals surface area (Å²) < 4.78 is 10.2. The number of anilines is 1. The molecule has 1 fully saturated rings. The average molecular weight is 364 g/mol. The molecule has 2 rings (SSSR count). The summed E-state index contributed by atoms with van der Waals surface area (Å²) in [5.41, 5.74) is 0.396. The van der Waals surface area contributed by atoms with Gasteiger partial charge in [0.25, 0.3) is 0 Å². The van der Waals surface area contributed by atoms with Crippen molar-refractivity contribution < 1.29 is 19.1 Å². The fourth-order valence-electron chi connectivity index (χ4n) is 2.84. The Labute approximate surface area is 154 Å². The predicted molar refractivity (Wildman–Crippen MR) is 97.3 cm³/mol. The number of carbonyl (C=O) groups excluding carboxylic acids is 2. The fraction of sp³-hybridized carbons (Fsp3) is 0.667. The number of rotatable bonds is 2. The molecule has 1 aromatic rings. The highest BCUT2D eigenvalue weighted by Crippen LogP contribution is 2.20. The first-order valence-electron chi connectivity index (χ1n) is 8.79. The third-order valence-electron chi connectivity index (χ3n) is 3.99. The Balaban J connectivity index is 2.19. The first-order valence-corrected chi connectivity index (χ1v) is 8.79. The van der Waals surface area contributed by atoms with Crippen LogP contribution in [0.4, 0.5) is 10.7 Å². The van der Waals surface area contributed by atoms with Crippen LogP contribution in [0, 0.1) is 6.92 Å². The minimum absolute atomic E-state index is 0.0164. The van der Waals surface area contributed by atoms with Crippen LogP contribution in [-0.2, 0) is 9.47 Å². The Bertz CT molecular complexity index is 672. The van der Waals surface area contributed by atoms with Gasteiger partial charge in [-0.05, 0) is 47.1 Å². The molecule has 1 aliphatic heterocycles. The van der Waals surface area contributed by atoms with Gasteiger partial charge in [0.1, 0.15) is 5.60 Å². The Kier molecular flexibility index (Phi) is 6.05. The van der Waals surface area contributed by atoms with E-state index in [1.165, 1.54) is 7.11 Å². The second-order valence-electron chi connectivity index (χ2n) is 7.51.